The lowest BCUT2D eigenvalue weighted by Crippen LogP contribution is -1.96. The Morgan fingerprint density at radius 2 is 2.23 bits per heavy atom. The third kappa shape index (κ3) is 2.38. The molecular formula is C8H8INO3. The molecule has 0 radical (unpaired) electrons. The van der Waals surface area contributed by atoms with Gasteiger partial charge in [-0.2, -0.15) is 0 Å². The summed E-state index contributed by atoms with van der Waals surface area (Å²) in [6, 6.07) is 4.41. The highest BCUT2D eigenvalue weighted by molar-refractivity contribution is 14.1. The van der Waals surface area contributed by atoms with Gasteiger partial charge in [-0.3, -0.25) is 10.1 Å². The molecule has 0 fully saturated rings. The number of nitro benzene ring substituents is 1. The second-order valence-electron chi connectivity index (χ2n) is 2.64. The summed E-state index contributed by atoms with van der Waals surface area (Å²) in [6.45, 7) is 1.63. The van der Waals surface area contributed by atoms with Crippen LogP contribution in [0.4, 0.5) is 5.69 Å². The number of nitrogens with zero attached hydrogens (tertiary/aromatic N) is 1. The van der Waals surface area contributed by atoms with Crippen LogP contribution in [0.2, 0.25) is 0 Å². The van der Waals surface area contributed by atoms with Crippen LogP contribution in [0.3, 0.4) is 0 Å². The maximum absolute atomic E-state index is 10.4. The van der Waals surface area contributed by atoms with Gasteiger partial charge in [-0.25, -0.2) is 0 Å². The molecule has 4 nitrogen and oxygen atoms in total. The molecule has 1 aromatic carbocycles. The van der Waals surface area contributed by atoms with E-state index in [9.17, 15) is 15.2 Å². The van der Waals surface area contributed by atoms with Crippen molar-refractivity contribution in [3.63, 3.8) is 0 Å². The van der Waals surface area contributed by atoms with Gasteiger partial charge in [-0.1, -0.05) is 0 Å². The summed E-state index contributed by atoms with van der Waals surface area (Å²) in [5.74, 6) is 0. The summed E-state index contributed by atoms with van der Waals surface area (Å²) in [4.78, 5) is 9.92. The Morgan fingerprint density at radius 3 is 2.62 bits per heavy atom. The van der Waals surface area contributed by atoms with Gasteiger partial charge >= 0.3 is 0 Å². The smallest absolute Gasteiger partial charge is 0.270 e. The molecule has 70 valence electrons. The lowest BCUT2D eigenvalue weighted by Gasteiger charge is -2.06. The van der Waals surface area contributed by atoms with Crippen LogP contribution in [0.15, 0.2) is 18.2 Å². The number of aliphatic hydroxyl groups is 1. The van der Waals surface area contributed by atoms with Crippen molar-refractivity contribution in [1.82, 2.24) is 0 Å². The molecule has 0 amide bonds. The van der Waals surface area contributed by atoms with Crippen LogP contribution >= 0.6 is 22.6 Å². The highest BCUT2D eigenvalue weighted by Crippen LogP contribution is 2.24. The maximum atomic E-state index is 10.4. The van der Waals surface area contributed by atoms with Crippen molar-refractivity contribution >= 4 is 28.3 Å². The summed E-state index contributed by atoms with van der Waals surface area (Å²) < 4.78 is 0.710. The Hall–Kier alpha value is -0.690. The van der Waals surface area contributed by atoms with Gasteiger partial charge in [0.1, 0.15) is 0 Å². The highest BCUT2D eigenvalue weighted by Gasteiger charge is 2.11. The number of benzene rings is 1. The van der Waals surface area contributed by atoms with E-state index in [4.69, 9.17) is 0 Å². The van der Waals surface area contributed by atoms with Crippen molar-refractivity contribution in [2.45, 2.75) is 13.0 Å². The zero-order chi connectivity index (χ0) is 10.0. The van der Waals surface area contributed by atoms with E-state index in [2.05, 4.69) is 0 Å². The minimum absolute atomic E-state index is 0.0498. The standard InChI is InChI=1S/C8H8INO3/c1-5(11)7-3-2-6(10(12)13)4-8(7)9/h2-5,11H,1H3. The number of aliphatic hydroxyl groups excluding tert-OH is 1. The number of nitro groups is 1. The van der Waals surface area contributed by atoms with E-state index in [0.29, 0.717) is 9.13 Å². The van der Waals surface area contributed by atoms with E-state index < -0.39 is 11.0 Å². The summed E-state index contributed by atoms with van der Waals surface area (Å²) in [5.41, 5.74) is 0.764. The summed E-state index contributed by atoms with van der Waals surface area (Å²) in [7, 11) is 0. The quantitative estimate of drug-likeness (QED) is 0.517. The van der Waals surface area contributed by atoms with Crippen LogP contribution in [-0.4, -0.2) is 10.0 Å². The topological polar surface area (TPSA) is 63.4 Å². The van der Waals surface area contributed by atoms with Gasteiger partial charge in [0, 0.05) is 15.7 Å². The zero-order valence-electron chi connectivity index (χ0n) is 6.90. The fraction of sp³-hybridized carbons (Fsp3) is 0.250. The van der Waals surface area contributed by atoms with Gasteiger partial charge in [0.15, 0.2) is 0 Å². The van der Waals surface area contributed by atoms with E-state index in [1.165, 1.54) is 12.1 Å². The molecular weight excluding hydrogens is 285 g/mol. The molecule has 0 bridgehead atoms. The predicted octanol–water partition coefficient (Wildman–Crippen LogP) is 2.25. The molecule has 1 unspecified atom stereocenters. The number of halogens is 1. The Morgan fingerprint density at radius 1 is 1.62 bits per heavy atom. The van der Waals surface area contributed by atoms with Crippen LogP contribution in [0.1, 0.15) is 18.6 Å². The van der Waals surface area contributed by atoms with Crippen molar-refractivity contribution in [3.05, 3.63) is 37.4 Å². The van der Waals surface area contributed by atoms with Crippen molar-refractivity contribution < 1.29 is 10.0 Å². The fourth-order valence-electron chi connectivity index (χ4n) is 0.968. The minimum Gasteiger partial charge on any atom is -0.389 e. The number of rotatable bonds is 2. The van der Waals surface area contributed by atoms with Gasteiger partial charge in [0.05, 0.1) is 11.0 Å². The molecule has 0 aliphatic heterocycles. The predicted molar refractivity (Wildman–Crippen MR) is 56.4 cm³/mol. The third-order valence-corrected chi connectivity index (χ3v) is 2.58. The largest absolute Gasteiger partial charge is 0.389 e. The number of non-ortho nitro benzene ring substituents is 1. The van der Waals surface area contributed by atoms with E-state index >= 15 is 0 Å². The molecule has 0 aliphatic rings. The molecule has 0 spiro atoms. The molecule has 5 heteroatoms. The molecule has 1 aromatic rings. The van der Waals surface area contributed by atoms with Crippen LogP contribution in [0, 0.1) is 13.7 Å². The van der Waals surface area contributed by atoms with Crippen molar-refractivity contribution in [2.24, 2.45) is 0 Å². The van der Waals surface area contributed by atoms with Crippen molar-refractivity contribution in [1.29, 1.82) is 0 Å². The molecule has 0 saturated carbocycles. The Kier molecular flexibility index (Phi) is 3.21. The van der Waals surface area contributed by atoms with Gasteiger partial charge < -0.3 is 5.11 Å². The van der Waals surface area contributed by atoms with E-state index in [1.807, 2.05) is 22.6 Å². The first-order valence-electron chi connectivity index (χ1n) is 3.64. The van der Waals surface area contributed by atoms with E-state index in [1.54, 1.807) is 13.0 Å². The third-order valence-electron chi connectivity index (χ3n) is 1.64. The lowest BCUT2D eigenvalue weighted by atomic mass is 10.1. The van der Waals surface area contributed by atoms with Crippen LogP contribution in [0.5, 0.6) is 0 Å². The average Bonchev–Trinajstić information content (AvgIpc) is 2.03. The molecule has 13 heavy (non-hydrogen) atoms. The van der Waals surface area contributed by atoms with Gasteiger partial charge in [0.2, 0.25) is 0 Å². The van der Waals surface area contributed by atoms with Crippen molar-refractivity contribution in [2.75, 3.05) is 0 Å². The molecule has 0 aromatic heterocycles. The van der Waals surface area contributed by atoms with Crippen LogP contribution in [-0.2, 0) is 0 Å². The van der Waals surface area contributed by atoms with Crippen LogP contribution < -0.4 is 0 Å². The van der Waals surface area contributed by atoms with Gasteiger partial charge in [-0.05, 0) is 41.1 Å². The lowest BCUT2D eigenvalue weighted by molar-refractivity contribution is -0.385. The Labute approximate surface area is 88.9 Å². The monoisotopic (exact) mass is 293 g/mol. The number of hydrogen-bond acceptors (Lipinski definition) is 3. The van der Waals surface area contributed by atoms with Crippen LogP contribution in [0.25, 0.3) is 0 Å². The summed E-state index contributed by atoms with van der Waals surface area (Å²) in [6.07, 6.45) is -0.590. The number of hydrogen-bond donors (Lipinski definition) is 1. The SMILES string of the molecule is CC(O)c1ccc([N+](=O)[O-])cc1I. The average molecular weight is 293 g/mol. The Bertz CT molecular complexity index is 338. The van der Waals surface area contributed by atoms with E-state index in [-0.39, 0.29) is 5.69 Å². The van der Waals surface area contributed by atoms with Gasteiger partial charge in [-0.15, -0.1) is 0 Å². The second kappa shape index (κ2) is 4.01. The molecule has 0 aliphatic carbocycles. The summed E-state index contributed by atoms with van der Waals surface area (Å²) >= 11 is 1.97. The zero-order valence-corrected chi connectivity index (χ0v) is 9.06. The normalized spacial score (nSPS) is 12.5. The molecule has 1 N–H and O–H groups in total. The molecule has 0 heterocycles. The maximum Gasteiger partial charge on any atom is 0.270 e. The van der Waals surface area contributed by atoms with E-state index in [0.717, 1.165) is 0 Å². The first kappa shape index (κ1) is 10.4. The minimum atomic E-state index is -0.590. The fourth-order valence-corrected chi connectivity index (χ4v) is 1.92. The first-order chi connectivity index (χ1) is 6.02. The molecule has 0 saturated heterocycles. The Balaban J connectivity index is 3.13. The first-order valence-corrected chi connectivity index (χ1v) is 4.72. The second-order valence-corrected chi connectivity index (χ2v) is 3.80. The van der Waals surface area contributed by atoms with Crippen molar-refractivity contribution in [3.8, 4) is 0 Å². The molecule has 1 rings (SSSR count). The summed E-state index contributed by atoms with van der Waals surface area (Å²) in [5, 5.41) is 19.6. The van der Waals surface area contributed by atoms with Gasteiger partial charge in [0.25, 0.3) is 5.69 Å². The molecule has 1 atom stereocenters. The highest BCUT2D eigenvalue weighted by atomic mass is 127.